The normalized spacial score (nSPS) is 10.9. The van der Waals surface area contributed by atoms with Crippen LogP contribution in [0.25, 0.3) is 0 Å². The van der Waals surface area contributed by atoms with Gasteiger partial charge in [0.1, 0.15) is 5.69 Å². The Kier molecular flexibility index (Phi) is 5.81. The Balaban J connectivity index is 2.19. The summed E-state index contributed by atoms with van der Waals surface area (Å²) in [4.78, 5) is 12.5. The SMILES string of the molecule is COCCn1ncc(Br)c1C(=O)Cc1ccc(Cl)c(Cl)c1. The number of ketones is 1. The molecule has 112 valence electrons. The molecular weight excluding hydrogens is 379 g/mol. The van der Waals surface area contributed by atoms with Crippen LogP contribution in [0.5, 0.6) is 0 Å². The van der Waals surface area contributed by atoms with Crippen LogP contribution in [0.4, 0.5) is 0 Å². The fraction of sp³-hybridized carbons (Fsp3) is 0.286. The molecule has 4 nitrogen and oxygen atoms in total. The minimum Gasteiger partial charge on any atom is -0.383 e. The summed E-state index contributed by atoms with van der Waals surface area (Å²) in [7, 11) is 1.61. The summed E-state index contributed by atoms with van der Waals surface area (Å²) in [6.45, 7) is 1.01. The van der Waals surface area contributed by atoms with Crippen LogP contribution >= 0.6 is 39.1 Å². The first-order valence-electron chi connectivity index (χ1n) is 6.20. The van der Waals surface area contributed by atoms with E-state index in [1.165, 1.54) is 0 Å². The molecule has 7 heteroatoms. The lowest BCUT2D eigenvalue weighted by Gasteiger charge is -2.07. The number of Topliss-reactive ketones (excluding diaryl/α,β-unsaturated/α-hetero) is 1. The maximum Gasteiger partial charge on any atom is 0.186 e. The first-order valence-corrected chi connectivity index (χ1v) is 7.75. The van der Waals surface area contributed by atoms with Crippen molar-refractivity contribution < 1.29 is 9.53 Å². The summed E-state index contributed by atoms with van der Waals surface area (Å²) in [5.41, 5.74) is 1.33. The topological polar surface area (TPSA) is 44.1 Å². The number of rotatable bonds is 6. The molecule has 0 bridgehead atoms. The molecule has 0 N–H and O–H groups in total. The van der Waals surface area contributed by atoms with Gasteiger partial charge < -0.3 is 4.74 Å². The van der Waals surface area contributed by atoms with E-state index in [2.05, 4.69) is 21.0 Å². The van der Waals surface area contributed by atoms with Gasteiger partial charge in [0.2, 0.25) is 0 Å². The summed E-state index contributed by atoms with van der Waals surface area (Å²) in [5.74, 6) is -0.0473. The molecule has 0 saturated heterocycles. The van der Waals surface area contributed by atoms with Crippen molar-refractivity contribution in [1.29, 1.82) is 0 Å². The van der Waals surface area contributed by atoms with Crippen molar-refractivity contribution >= 4 is 44.9 Å². The third kappa shape index (κ3) is 4.07. The first-order chi connectivity index (χ1) is 10.0. The van der Waals surface area contributed by atoms with Crippen LogP contribution in [0.3, 0.4) is 0 Å². The van der Waals surface area contributed by atoms with Crippen molar-refractivity contribution in [2.75, 3.05) is 13.7 Å². The van der Waals surface area contributed by atoms with E-state index in [0.717, 1.165) is 5.56 Å². The minimum atomic E-state index is -0.0473. The lowest BCUT2D eigenvalue weighted by atomic mass is 10.1. The standard InChI is InChI=1S/C14H13BrCl2N2O2/c1-21-5-4-19-14(10(15)8-18-19)13(20)7-9-2-3-11(16)12(17)6-9/h2-3,6,8H,4-5,7H2,1H3. The van der Waals surface area contributed by atoms with Gasteiger partial charge in [-0.25, -0.2) is 0 Å². The number of halogens is 3. The van der Waals surface area contributed by atoms with Crippen LogP contribution in [0.2, 0.25) is 10.0 Å². The number of ether oxygens (including phenoxy) is 1. The van der Waals surface area contributed by atoms with Gasteiger partial charge in [0.05, 0.1) is 33.9 Å². The molecule has 0 spiro atoms. The van der Waals surface area contributed by atoms with Gasteiger partial charge in [-0.05, 0) is 33.6 Å². The van der Waals surface area contributed by atoms with E-state index in [-0.39, 0.29) is 12.2 Å². The first kappa shape index (κ1) is 16.5. The summed E-state index contributed by atoms with van der Waals surface area (Å²) in [6, 6.07) is 5.17. The number of hydrogen-bond donors (Lipinski definition) is 0. The highest BCUT2D eigenvalue weighted by atomic mass is 79.9. The molecule has 0 saturated carbocycles. The Morgan fingerprint density at radius 1 is 1.38 bits per heavy atom. The molecule has 0 aliphatic rings. The minimum absolute atomic E-state index is 0.0473. The van der Waals surface area contributed by atoms with Crippen LogP contribution in [0.1, 0.15) is 16.1 Å². The highest BCUT2D eigenvalue weighted by Gasteiger charge is 2.17. The number of methoxy groups -OCH3 is 1. The second kappa shape index (κ2) is 7.40. The van der Waals surface area contributed by atoms with Crippen LogP contribution in [-0.2, 0) is 17.7 Å². The molecule has 0 atom stereocenters. The third-order valence-electron chi connectivity index (χ3n) is 2.91. The fourth-order valence-corrected chi connectivity index (χ4v) is 2.74. The number of aromatic nitrogens is 2. The number of carbonyl (C=O) groups excluding carboxylic acids is 1. The molecule has 1 aromatic carbocycles. The van der Waals surface area contributed by atoms with Crippen LogP contribution < -0.4 is 0 Å². The summed E-state index contributed by atoms with van der Waals surface area (Å²) in [6.07, 6.45) is 1.84. The number of hydrogen-bond acceptors (Lipinski definition) is 3. The molecule has 0 amide bonds. The molecule has 0 aliphatic carbocycles. The fourth-order valence-electron chi connectivity index (χ4n) is 1.91. The van der Waals surface area contributed by atoms with Crippen LogP contribution in [0, 0.1) is 0 Å². The zero-order chi connectivity index (χ0) is 15.4. The Morgan fingerprint density at radius 2 is 2.14 bits per heavy atom. The molecule has 0 radical (unpaired) electrons. The van der Waals surface area contributed by atoms with Crippen LogP contribution in [0.15, 0.2) is 28.9 Å². The van der Waals surface area contributed by atoms with E-state index in [1.807, 2.05) is 0 Å². The predicted molar refractivity (Wildman–Crippen MR) is 86.3 cm³/mol. The lowest BCUT2D eigenvalue weighted by Crippen LogP contribution is -2.15. The van der Waals surface area contributed by atoms with E-state index in [4.69, 9.17) is 27.9 Å². The second-order valence-electron chi connectivity index (χ2n) is 4.41. The summed E-state index contributed by atoms with van der Waals surface area (Å²) >= 11 is 15.2. The molecular formula is C14H13BrCl2N2O2. The van der Waals surface area contributed by atoms with Crippen LogP contribution in [-0.4, -0.2) is 29.3 Å². The van der Waals surface area contributed by atoms with Gasteiger partial charge in [-0.2, -0.15) is 5.10 Å². The van der Waals surface area contributed by atoms with Crippen molar-refractivity contribution in [2.45, 2.75) is 13.0 Å². The summed E-state index contributed by atoms with van der Waals surface area (Å²) < 4.78 is 7.32. The zero-order valence-corrected chi connectivity index (χ0v) is 14.4. The zero-order valence-electron chi connectivity index (χ0n) is 11.3. The van der Waals surface area contributed by atoms with Gasteiger partial charge in [-0.15, -0.1) is 0 Å². The Bertz CT molecular complexity index is 658. The second-order valence-corrected chi connectivity index (χ2v) is 6.07. The van der Waals surface area contributed by atoms with Gasteiger partial charge in [0, 0.05) is 13.5 Å². The smallest absolute Gasteiger partial charge is 0.186 e. The van der Waals surface area contributed by atoms with E-state index in [1.54, 1.807) is 36.2 Å². The molecule has 2 rings (SSSR count). The third-order valence-corrected chi connectivity index (χ3v) is 4.23. The highest BCUT2D eigenvalue weighted by Crippen LogP contribution is 2.24. The quantitative estimate of drug-likeness (QED) is 0.698. The maximum absolute atomic E-state index is 12.5. The number of benzene rings is 1. The van der Waals surface area contributed by atoms with Crippen molar-refractivity contribution in [3.63, 3.8) is 0 Å². The Hall–Kier alpha value is -0.880. The van der Waals surface area contributed by atoms with Crippen molar-refractivity contribution in [2.24, 2.45) is 0 Å². The molecule has 21 heavy (non-hydrogen) atoms. The number of carbonyl (C=O) groups is 1. The van der Waals surface area contributed by atoms with Gasteiger partial charge in [0.25, 0.3) is 0 Å². The monoisotopic (exact) mass is 390 g/mol. The molecule has 0 unspecified atom stereocenters. The summed E-state index contributed by atoms with van der Waals surface area (Å²) in [5, 5.41) is 5.08. The molecule has 1 aromatic heterocycles. The van der Waals surface area contributed by atoms with E-state index in [9.17, 15) is 4.79 Å². The van der Waals surface area contributed by atoms with E-state index in [0.29, 0.717) is 33.4 Å². The molecule has 1 heterocycles. The Morgan fingerprint density at radius 3 is 2.81 bits per heavy atom. The van der Waals surface area contributed by atoms with Crippen molar-refractivity contribution in [1.82, 2.24) is 9.78 Å². The Labute approximate surface area is 141 Å². The van der Waals surface area contributed by atoms with Crippen molar-refractivity contribution in [3.05, 3.63) is 50.2 Å². The number of nitrogens with zero attached hydrogens (tertiary/aromatic N) is 2. The average molecular weight is 392 g/mol. The highest BCUT2D eigenvalue weighted by molar-refractivity contribution is 9.10. The molecule has 2 aromatic rings. The lowest BCUT2D eigenvalue weighted by molar-refractivity contribution is 0.0978. The predicted octanol–water partition coefficient (Wildman–Crippen LogP) is 4.02. The van der Waals surface area contributed by atoms with Gasteiger partial charge in [-0.1, -0.05) is 29.3 Å². The van der Waals surface area contributed by atoms with E-state index < -0.39 is 0 Å². The molecule has 0 fully saturated rings. The largest absolute Gasteiger partial charge is 0.383 e. The molecule has 0 aliphatic heterocycles. The average Bonchev–Trinajstić information content (AvgIpc) is 2.81. The van der Waals surface area contributed by atoms with Gasteiger partial charge >= 0.3 is 0 Å². The van der Waals surface area contributed by atoms with Gasteiger partial charge in [-0.3, -0.25) is 9.48 Å². The van der Waals surface area contributed by atoms with E-state index >= 15 is 0 Å². The van der Waals surface area contributed by atoms with Crippen molar-refractivity contribution in [3.8, 4) is 0 Å². The van der Waals surface area contributed by atoms with Gasteiger partial charge in [0.15, 0.2) is 5.78 Å². The maximum atomic E-state index is 12.5.